The standard InChI is InChI=1S/C7H6N2O.3C2H6/c10-7-8-5-3-1-2-4-6(5)9-7;3*1-2/h1-4H,(H2,8,9,10);3*1-2H3. The fourth-order valence-corrected chi connectivity index (χ4v) is 0.977. The van der Waals surface area contributed by atoms with E-state index in [0.29, 0.717) is 0 Å². The Morgan fingerprint density at radius 1 is 0.750 bits per heavy atom. The summed E-state index contributed by atoms with van der Waals surface area (Å²) in [5.74, 6) is 0. The van der Waals surface area contributed by atoms with Crippen LogP contribution in [0.5, 0.6) is 0 Å². The van der Waals surface area contributed by atoms with Crippen molar-refractivity contribution in [1.82, 2.24) is 9.97 Å². The summed E-state index contributed by atoms with van der Waals surface area (Å²) in [5, 5.41) is 0. The van der Waals surface area contributed by atoms with Crippen LogP contribution in [0.4, 0.5) is 0 Å². The van der Waals surface area contributed by atoms with Gasteiger partial charge < -0.3 is 9.97 Å². The zero-order chi connectivity index (χ0) is 13.0. The lowest BCUT2D eigenvalue weighted by atomic mass is 10.3. The second-order valence-corrected chi connectivity index (χ2v) is 2.12. The molecule has 2 rings (SSSR count). The van der Waals surface area contributed by atoms with Gasteiger partial charge in [0.2, 0.25) is 0 Å². The molecule has 1 heterocycles. The van der Waals surface area contributed by atoms with Crippen LogP contribution in [0.3, 0.4) is 0 Å². The summed E-state index contributed by atoms with van der Waals surface area (Å²) in [6.45, 7) is 12.0. The molecule has 1 aromatic carbocycles. The Morgan fingerprint density at radius 2 is 1.06 bits per heavy atom. The van der Waals surface area contributed by atoms with Crippen LogP contribution in [0.1, 0.15) is 41.5 Å². The maximum atomic E-state index is 10.7. The lowest BCUT2D eigenvalue weighted by molar-refractivity contribution is 1.22. The largest absolute Gasteiger partial charge is 0.323 e. The zero-order valence-corrected chi connectivity index (χ0v) is 11.2. The molecular formula is C13H24N2O. The maximum Gasteiger partial charge on any atom is 0.323 e. The molecule has 0 amide bonds. The predicted molar refractivity (Wildman–Crippen MR) is 73.0 cm³/mol. The van der Waals surface area contributed by atoms with Gasteiger partial charge in [0, 0.05) is 0 Å². The summed E-state index contributed by atoms with van der Waals surface area (Å²) in [4.78, 5) is 16.0. The van der Waals surface area contributed by atoms with Crippen LogP contribution in [-0.4, -0.2) is 9.97 Å². The Balaban J connectivity index is 0. The van der Waals surface area contributed by atoms with E-state index in [1.165, 1.54) is 0 Å². The van der Waals surface area contributed by atoms with Crippen LogP contribution in [0.2, 0.25) is 0 Å². The lowest BCUT2D eigenvalue weighted by Crippen LogP contribution is -1.99. The Morgan fingerprint density at radius 3 is 1.38 bits per heavy atom. The van der Waals surface area contributed by atoms with E-state index in [0.717, 1.165) is 11.0 Å². The summed E-state index contributed by atoms with van der Waals surface area (Å²) in [6, 6.07) is 7.47. The first kappa shape index (κ1) is 16.9. The lowest BCUT2D eigenvalue weighted by Gasteiger charge is -1.81. The average molecular weight is 224 g/mol. The molecule has 0 radical (unpaired) electrons. The normalized spacial score (nSPS) is 7.62. The Labute approximate surface area is 97.9 Å². The summed E-state index contributed by atoms with van der Waals surface area (Å²) < 4.78 is 0. The highest BCUT2D eigenvalue weighted by molar-refractivity contribution is 5.73. The number of hydrogen-bond donors (Lipinski definition) is 2. The molecule has 0 atom stereocenters. The van der Waals surface area contributed by atoms with Crippen LogP contribution in [0.25, 0.3) is 11.0 Å². The minimum atomic E-state index is -0.152. The van der Waals surface area contributed by atoms with Crippen molar-refractivity contribution in [3.63, 3.8) is 0 Å². The van der Waals surface area contributed by atoms with Crippen LogP contribution >= 0.6 is 0 Å². The highest BCUT2D eigenvalue weighted by atomic mass is 16.1. The first-order valence-electron chi connectivity index (χ1n) is 6.03. The van der Waals surface area contributed by atoms with Gasteiger partial charge in [-0.05, 0) is 12.1 Å². The monoisotopic (exact) mass is 224 g/mol. The average Bonchev–Trinajstić information content (AvgIpc) is 2.76. The van der Waals surface area contributed by atoms with Gasteiger partial charge in [-0.3, -0.25) is 0 Å². The van der Waals surface area contributed by atoms with Gasteiger partial charge in [0.05, 0.1) is 11.0 Å². The number of aromatic nitrogens is 2. The summed E-state index contributed by atoms with van der Waals surface area (Å²) in [6.07, 6.45) is 0. The van der Waals surface area contributed by atoms with E-state index in [9.17, 15) is 4.79 Å². The number of benzene rings is 1. The number of H-pyrrole nitrogens is 2. The Hall–Kier alpha value is -1.51. The molecule has 2 aromatic rings. The first-order chi connectivity index (χ1) is 7.86. The molecule has 0 aliphatic rings. The number of hydrogen-bond acceptors (Lipinski definition) is 1. The van der Waals surface area contributed by atoms with Crippen molar-refractivity contribution in [1.29, 1.82) is 0 Å². The van der Waals surface area contributed by atoms with Crippen molar-refractivity contribution in [3.8, 4) is 0 Å². The molecule has 0 saturated carbocycles. The van der Waals surface area contributed by atoms with E-state index in [4.69, 9.17) is 0 Å². The minimum absolute atomic E-state index is 0.152. The zero-order valence-electron chi connectivity index (χ0n) is 11.2. The molecule has 0 fully saturated rings. The third-order valence-corrected chi connectivity index (χ3v) is 1.42. The first-order valence-corrected chi connectivity index (χ1v) is 6.03. The number of nitrogens with one attached hydrogen (secondary N) is 2. The van der Waals surface area contributed by atoms with Crippen molar-refractivity contribution in [3.05, 3.63) is 34.7 Å². The molecule has 1 aromatic heterocycles. The van der Waals surface area contributed by atoms with Crippen LogP contribution in [0, 0.1) is 0 Å². The van der Waals surface area contributed by atoms with Gasteiger partial charge in [-0.15, -0.1) is 0 Å². The van der Waals surface area contributed by atoms with Gasteiger partial charge in [-0.1, -0.05) is 53.7 Å². The number of aromatic amines is 2. The van der Waals surface area contributed by atoms with E-state index in [1.807, 2.05) is 65.8 Å². The number of imidazole rings is 1. The second kappa shape index (κ2) is 11.6. The van der Waals surface area contributed by atoms with Crippen molar-refractivity contribution < 1.29 is 0 Å². The fourth-order valence-electron chi connectivity index (χ4n) is 0.977. The number of para-hydroxylation sites is 2. The van der Waals surface area contributed by atoms with Crippen LogP contribution < -0.4 is 5.69 Å². The quantitative estimate of drug-likeness (QED) is 0.699. The van der Waals surface area contributed by atoms with E-state index < -0.39 is 0 Å². The van der Waals surface area contributed by atoms with Crippen molar-refractivity contribution in [2.45, 2.75) is 41.5 Å². The number of rotatable bonds is 0. The van der Waals surface area contributed by atoms with E-state index in [1.54, 1.807) is 0 Å². The highest BCUT2D eigenvalue weighted by Gasteiger charge is 1.92. The summed E-state index contributed by atoms with van der Waals surface area (Å²) in [5.41, 5.74) is 1.56. The van der Waals surface area contributed by atoms with Crippen molar-refractivity contribution in [2.75, 3.05) is 0 Å². The van der Waals surface area contributed by atoms with Gasteiger partial charge in [0.15, 0.2) is 0 Å². The van der Waals surface area contributed by atoms with Crippen LogP contribution in [-0.2, 0) is 0 Å². The van der Waals surface area contributed by atoms with Gasteiger partial charge in [0.1, 0.15) is 0 Å². The predicted octanol–water partition coefficient (Wildman–Crippen LogP) is 3.93. The molecule has 0 spiro atoms. The van der Waals surface area contributed by atoms with E-state index >= 15 is 0 Å². The topological polar surface area (TPSA) is 48.6 Å². The van der Waals surface area contributed by atoms with Gasteiger partial charge in [0.25, 0.3) is 0 Å². The van der Waals surface area contributed by atoms with E-state index in [-0.39, 0.29) is 5.69 Å². The minimum Gasteiger partial charge on any atom is -0.306 e. The molecule has 0 unspecified atom stereocenters. The molecule has 0 bridgehead atoms. The highest BCUT2D eigenvalue weighted by Crippen LogP contribution is 2.03. The van der Waals surface area contributed by atoms with Crippen molar-refractivity contribution in [2.24, 2.45) is 0 Å². The molecular weight excluding hydrogens is 200 g/mol. The second-order valence-electron chi connectivity index (χ2n) is 2.12. The smallest absolute Gasteiger partial charge is 0.306 e. The molecule has 3 heteroatoms. The Bertz CT molecular complexity index is 365. The number of fused-ring (bicyclic) bond motifs is 1. The van der Waals surface area contributed by atoms with Gasteiger partial charge >= 0.3 is 5.69 Å². The maximum absolute atomic E-state index is 10.7. The molecule has 92 valence electrons. The van der Waals surface area contributed by atoms with E-state index in [2.05, 4.69) is 9.97 Å². The molecule has 0 aliphatic heterocycles. The molecule has 0 aliphatic carbocycles. The third kappa shape index (κ3) is 5.39. The summed E-state index contributed by atoms with van der Waals surface area (Å²) >= 11 is 0. The SMILES string of the molecule is CC.CC.CC.O=c1[nH]c2ccccc2[nH]1. The van der Waals surface area contributed by atoms with Gasteiger partial charge in [-0.2, -0.15) is 0 Å². The molecule has 2 N–H and O–H groups in total. The molecule has 3 nitrogen and oxygen atoms in total. The van der Waals surface area contributed by atoms with Crippen LogP contribution in [0.15, 0.2) is 29.1 Å². The third-order valence-electron chi connectivity index (χ3n) is 1.42. The fraction of sp³-hybridized carbons (Fsp3) is 0.462. The van der Waals surface area contributed by atoms with Gasteiger partial charge in [-0.25, -0.2) is 4.79 Å². The molecule has 16 heavy (non-hydrogen) atoms. The van der Waals surface area contributed by atoms with Crippen molar-refractivity contribution >= 4 is 11.0 Å². The molecule has 0 saturated heterocycles. The Kier molecular flexibility index (Phi) is 12.2. The summed E-state index contributed by atoms with van der Waals surface area (Å²) in [7, 11) is 0.